The Labute approximate surface area is 166 Å². The summed E-state index contributed by atoms with van der Waals surface area (Å²) < 4.78 is 39.0. The Bertz CT molecular complexity index is 1160. The molecule has 2 aliphatic heterocycles. The van der Waals surface area contributed by atoms with Crippen LogP contribution in [-0.2, 0) is 21.4 Å². The van der Waals surface area contributed by atoms with Crippen molar-refractivity contribution in [2.45, 2.75) is 25.4 Å². The number of terminal acetylenes is 1. The van der Waals surface area contributed by atoms with E-state index in [1.807, 2.05) is 12.1 Å². The van der Waals surface area contributed by atoms with E-state index in [-0.39, 0.29) is 6.54 Å². The predicted molar refractivity (Wildman–Crippen MR) is 105 cm³/mol. The zero-order valence-corrected chi connectivity index (χ0v) is 16.9. The van der Waals surface area contributed by atoms with Crippen LogP contribution in [0.25, 0.3) is 10.2 Å². The number of nitrogens with zero attached hydrogens (tertiary/aromatic N) is 3. The van der Waals surface area contributed by atoms with Crippen molar-refractivity contribution in [1.29, 1.82) is 0 Å². The summed E-state index contributed by atoms with van der Waals surface area (Å²) in [5.41, 5.74) is 0.796. The molecular weight excluding hydrogens is 402 g/mol. The number of sulfonamides is 1. The van der Waals surface area contributed by atoms with Crippen molar-refractivity contribution in [3.05, 3.63) is 16.9 Å². The molecule has 0 N–H and O–H groups in total. The van der Waals surface area contributed by atoms with Crippen molar-refractivity contribution in [1.82, 2.24) is 8.87 Å². The Morgan fingerprint density at radius 3 is 2.75 bits per heavy atom. The fraction of sp³-hybridized carbons (Fsp3) is 0.444. The summed E-state index contributed by atoms with van der Waals surface area (Å²) in [5, 5.41) is 0. The Balaban J connectivity index is 1.80. The maximum Gasteiger partial charge on any atom is 0.266 e. The topological polar surface area (TPSA) is 90.2 Å². The lowest BCUT2D eigenvalue weighted by atomic mass is 10.2. The molecular formula is C18H19N3O5S2. The van der Waals surface area contributed by atoms with Gasteiger partial charge in [-0.05, 0) is 12.8 Å². The molecule has 1 fully saturated rings. The van der Waals surface area contributed by atoms with Crippen molar-refractivity contribution in [3.8, 4) is 23.8 Å². The number of hydrogen-bond acceptors (Lipinski definition) is 6. The summed E-state index contributed by atoms with van der Waals surface area (Å²) in [4.78, 5) is 17.5. The van der Waals surface area contributed by atoms with E-state index >= 15 is 0 Å². The number of fused-ring (bicyclic) bond motifs is 2. The smallest absolute Gasteiger partial charge is 0.266 e. The fourth-order valence-corrected chi connectivity index (χ4v) is 5.65. The zero-order chi connectivity index (χ0) is 19.9. The molecule has 2 aliphatic rings. The lowest BCUT2D eigenvalue weighted by Crippen LogP contribution is -2.39. The molecule has 8 nitrogen and oxygen atoms in total. The number of aromatic nitrogens is 1. The number of rotatable bonds is 3. The summed E-state index contributed by atoms with van der Waals surface area (Å²) in [6.07, 6.45) is 7.73. The van der Waals surface area contributed by atoms with E-state index in [1.54, 1.807) is 4.57 Å². The first-order valence-corrected chi connectivity index (χ1v) is 11.5. The third-order valence-corrected chi connectivity index (χ3v) is 7.05. The minimum atomic E-state index is -3.46. The second-order valence-corrected chi connectivity index (χ2v) is 9.56. The Morgan fingerprint density at radius 2 is 2.07 bits per heavy atom. The zero-order valence-electron chi connectivity index (χ0n) is 15.3. The minimum Gasteiger partial charge on any atom is -0.486 e. The van der Waals surface area contributed by atoms with E-state index in [0.29, 0.717) is 48.9 Å². The molecule has 0 bridgehead atoms. The Hall–Kier alpha value is -2.35. The lowest BCUT2D eigenvalue weighted by molar-refractivity contribution is -0.121. The second kappa shape index (κ2) is 7.24. The molecule has 1 atom stereocenters. The van der Waals surface area contributed by atoms with Gasteiger partial charge in [-0.1, -0.05) is 17.3 Å². The molecule has 148 valence electrons. The molecule has 1 amide bonds. The van der Waals surface area contributed by atoms with Crippen LogP contribution >= 0.6 is 11.3 Å². The highest BCUT2D eigenvalue weighted by molar-refractivity contribution is 7.88. The van der Waals surface area contributed by atoms with Crippen LogP contribution in [0.5, 0.6) is 11.5 Å². The third-order valence-electron chi connectivity index (χ3n) is 4.72. The number of thiazole rings is 1. The van der Waals surface area contributed by atoms with Gasteiger partial charge in [0.15, 0.2) is 16.3 Å². The molecule has 0 radical (unpaired) electrons. The molecule has 4 rings (SSSR count). The molecule has 0 saturated carbocycles. The molecule has 2 aromatic rings. The van der Waals surface area contributed by atoms with Crippen LogP contribution in [0.15, 0.2) is 17.1 Å². The predicted octanol–water partition coefficient (Wildman–Crippen LogP) is 0.959. The van der Waals surface area contributed by atoms with Crippen LogP contribution in [0.1, 0.15) is 12.8 Å². The molecule has 1 saturated heterocycles. The number of carbonyl (C=O) groups is 1. The monoisotopic (exact) mass is 421 g/mol. The number of carbonyl (C=O) groups excluding carboxylic acids is 1. The molecule has 10 heteroatoms. The van der Waals surface area contributed by atoms with Gasteiger partial charge in [0.25, 0.3) is 5.91 Å². The molecule has 0 spiro atoms. The average molecular weight is 422 g/mol. The van der Waals surface area contributed by atoms with Crippen molar-refractivity contribution in [3.63, 3.8) is 0 Å². The number of ether oxygens (including phenoxy) is 2. The van der Waals surface area contributed by atoms with E-state index in [4.69, 9.17) is 15.9 Å². The molecule has 28 heavy (non-hydrogen) atoms. The summed E-state index contributed by atoms with van der Waals surface area (Å²) in [7, 11) is -3.46. The lowest BCUT2D eigenvalue weighted by Gasteiger charge is -2.18. The van der Waals surface area contributed by atoms with Crippen LogP contribution in [0.2, 0.25) is 0 Å². The second-order valence-electron chi connectivity index (χ2n) is 6.62. The molecule has 1 aromatic heterocycles. The normalized spacial score (nSPS) is 20.4. The third kappa shape index (κ3) is 3.41. The van der Waals surface area contributed by atoms with Crippen molar-refractivity contribution >= 4 is 37.5 Å². The summed E-state index contributed by atoms with van der Waals surface area (Å²) in [5.74, 6) is 3.37. The summed E-state index contributed by atoms with van der Waals surface area (Å²) in [6.45, 7) is 1.51. The van der Waals surface area contributed by atoms with Gasteiger partial charge in [-0.15, -0.1) is 6.42 Å². The largest absolute Gasteiger partial charge is 0.486 e. The van der Waals surface area contributed by atoms with Gasteiger partial charge in [0.1, 0.15) is 19.3 Å². The van der Waals surface area contributed by atoms with E-state index in [1.165, 1.54) is 15.6 Å². The van der Waals surface area contributed by atoms with Crippen LogP contribution in [-0.4, -0.2) is 55.3 Å². The SMILES string of the molecule is C#CCn1c(=NC(=O)C2CCCN2S(C)(=O)=O)sc2cc3c(cc21)OCCO3. The molecule has 0 aliphatic carbocycles. The average Bonchev–Trinajstić information content (AvgIpc) is 3.26. The van der Waals surface area contributed by atoms with Crippen molar-refractivity contribution < 1.29 is 22.7 Å². The van der Waals surface area contributed by atoms with E-state index < -0.39 is 22.0 Å². The molecule has 3 heterocycles. The minimum absolute atomic E-state index is 0.228. The molecule has 1 unspecified atom stereocenters. The maximum absolute atomic E-state index is 12.8. The Morgan fingerprint density at radius 1 is 1.36 bits per heavy atom. The standard InChI is InChI=1S/C18H19N3O5S2/c1-3-6-20-13-10-14-15(26-9-8-25-14)11-16(13)27-18(20)19-17(22)12-5-4-7-21(12)28(2,23)24/h1,10-12H,4-9H2,2H3. The van der Waals surface area contributed by atoms with Gasteiger partial charge < -0.3 is 14.0 Å². The highest BCUT2D eigenvalue weighted by Gasteiger charge is 2.36. The van der Waals surface area contributed by atoms with Crippen molar-refractivity contribution in [2.75, 3.05) is 26.0 Å². The van der Waals surface area contributed by atoms with Crippen LogP contribution in [0, 0.1) is 12.3 Å². The van der Waals surface area contributed by atoms with Gasteiger partial charge >= 0.3 is 0 Å². The Kier molecular flexibility index (Phi) is 4.91. The summed E-state index contributed by atoms with van der Waals surface area (Å²) in [6, 6.07) is 2.92. The van der Waals surface area contributed by atoms with E-state index in [0.717, 1.165) is 16.5 Å². The van der Waals surface area contributed by atoms with Gasteiger partial charge in [0, 0.05) is 18.7 Å². The first-order valence-electron chi connectivity index (χ1n) is 8.80. The maximum atomic E-state index is 12.8. The quantitative estimate of drug-likeness (QED) is 0.689. The van der Waals surface area contributed by atoms with E-state index in [9.17, 15) is 13.2 Å². The number of benzene rings is 1. The number of hydrogen-bond donors (Lipinski definition) is 0. The van der Waals surface area contributed by atoms with Gasteiger partial charge in [0.05, 0.1) is 23.0 Å². The van der Waals surface area contributed by atoms with Gasteiger partial charge in [-0.3, -0.25) is 4.79 Å². The highest BCUT2D eigenvalue weighted by Crippen LogP contribution is 2.35. The van der Waals surface area contributed by atoms with Gasteiger partial charge in [-0.2, -0.15) is 9.30 Å². The van der Waals surface area contributed by atoms with Crippen molar-refractivity contribution in [2.24, 2.45) is 4.99 Å². The van der Waals surface area contributed by atoms with Crippen LogP contribution in [0.4, 0.5) is 0 Å². The van der Waals surface area contributed by atoms with Gasteiger partial charge in [-0.25, -0.2) is 8.42 Å². The molecule has 1 aromatic carbocycles. The number of amides is 1. The first kappa shape index (κ1) is 19.0. The first-order chi connectivity index (χ1) is 13.4. The van der Waals surface area contributed by atoms with Gasteiger partial charge in [0.2, 0.25) is 10.0 Å². The fourth-order valence-electron chi connectivity index (χ4n) is 3.49. The summed E-state index contributed by atoms with van der Waals surface area (Å²) >= 11 is 1.31. The highest BCUT2D eigenvalue weighted by atomic mass is 32.2. The van der Waals surface area contributed by atoms with Crippen LogP contribution < -0.4 is 14.3 Å². The van der Waals surface area contributed by atoms with E-state index in [2.05, 4.69) is 10.9 Å². The van der Waals surface area contributed by atoms with Crippen LogP contribution in [0.3, 0.4) is 0 Å².